The minimum Gasteiger partial charge on any atom is -0.329 e. The van der Waals surface area contributed by atoms with Crippen LogP contribution in [0.3, 0.4) is 0 Å². The molecule has 1 fully saturated rings. The van der Waals surface area contributed by atoms with Crippen molar-refractivity contribution in [3.05, 3.63) is 30.1 Å². The smallest absolute Gasteiger partial charge is 0.195 e. The summed E-state index contributed by atoms with van der Waals surface area (Å²) in [4.78, 5) is 18.3. The maximum atomic E-state index is 12.0. The minimum atomic E-state index is 0.0888. The number of piperidine rings is 1. The van der Waals surface area contributed by atoms with Gasteiger partial charge in [-0.3, -0.25) is 14.7 Å². The molecular weight excluding hydrogens is 214 g/mol. The first-order chi connectivity index (χ1) is 8.31. The lowest BCUT2D eigenvalue weighted by molar-refractivity contribution is 0.0846. The van der Waals surface area contributed by atoms with E-state index in [1.165, 1.54) is 6.42 Å². The second-order valence-corrected chi connectivity index (χ2v) is 4.49. The van der Waals surface area contributed by atoms with Gasteiger partial charge in [0.25, 0.3) is 0 Å². The number of nitrogens with zero attached hydrogens (tertiary/aromatic N) is 2. The van der Waals surface area contributed by atoms with E-state index in [0.717, 1.165) is 19.4 Å². The lowest BCUT2D eigenvalue weighted by Gasteiger charge is -2.34. The number of aromatic nitrogens is 1. The van der Waals surface area contributed by atoms with E-state index in [4.69, 9.17) is 5.73 Å². The van der Waals surface area contributed by atoms with Crippen LogP contribution >= 0.6 is 0 Å². The Labute approximate surface area is 102 Å². The zero-order chi connectivity index (χ0) is 12.1. The Hall–Kier alpha value is -1.26. The van der Waals surface area contributed by atoms with E-state index < -0.39 is 0 Å². The average molecular weight is 233 g/mol. The van der Waals surface area contributed by atoms with E-state index in [1.807, 2.05) is 12.1 Å². The van der Waals surface area contributed by atoms with Gasteiger partial charge in [-0.2, -0.15) is 0 Å². The summed E-state index contributed by atoms with van der Waals surface area (Å²) in [5, 5.41) is 0. The van der Waals surface area contributed by atoms with Gasteiger partial charge in [-0.05, 0) is 31.5 Å². The number of Topliss-reactive ketones (excluding diaryl/α,β-unsaturated/α-hetero) is 1. The fourth-order valence-electron chi connectivity index (χ4n) is 2.33. The van der Waals surface area contributed by atoms with Gasteiger partial charge in [-0.1, -0.05) is 12.5 Å². The van der Waals surface area contributed by atoms with Crippen LogP contribution in [0.5, 0.6) is 0 Å². The van der Waals surface area contributed by atoms with Gasteiger partial charge < -0.3 is 5.73 Å². The summed E-state index contributed by atoms with van der Waals surface area (Å²) < 4.78 is 0. The molecule has 0 bridgehead atoms. The molecule has 17 heavy (non-hydrogen) atoms. The minimum absolute atomic E-state index is 0.0888. The lowest BCUT2D eigenvalue weighted by Crippen LogP contribution is -2.46. The number of rotatable bonds is 4. The summed E-state index contributed by atoms with van der Waals surface area (Å²) in [6.45, 7) is 2.05. The Kier molecular flexibility index (Phi) is 4.23. The highest BCUT2D eigenvalue weighted by atomic mass is 16.1. The second-order valence-electron chi connectivity index (χ2n) is 4.49. The van der Waals surface area contributed by atoms with Gasteiger partial charge in [0.05, 0.1) is 6.54 Å². The molecule has 1 aliphatic rings. The van der Waals surface area contributed by atoms with Crippen molar-refractivity contribution >= 4 is 5.78 Å². The number of nitrogens with two attached hydrogens (primary N) is 1. The van der Waals surface area contributed by atoms with Gasteiger partial charge in [0.15, 0.2) is 5.78 Å². The Balaban J connectivity index is 1.98. The molecule has 1 aromatic heterocycles. The molecule has 0 spiro atoms. The Morgan fingerprint density at radius 1 is 1.47 bits per heavy atom. The summed E-state index contributed by atoms with van der Waals surface area (Å²) in [6.07, 6.45) is 5.14. The van der Waals surface area contributed by atoms with Crippen molar-refractivity contribution in [2.45, 2.75) is 25.3 Å². The van der Waals surface area contributed by atoms with Crippen molar-refractivity contribution < 1.29 is 4.79 Å². The van der Waals surface area contributed by atoms with Crippen LogP contribution in [0.2, 0.25) is 0 Å². The highest BCUT2D eigenvalue weighted by Crippen LogP contribution is 2.16. The zero-order valence-electron chi connectivity index (χ0n) is 10.0. The SMILES string of the molecule is NCC1CCCCN1CC(=O)c1ccccn1. The maximum absolute atomic E-state index is 12.0. The molecule has 1 unspecified atom stereocenters. The average Bonchev–Trinajstić information content (AvgIpc) is 2.40. The first-order valence-electron chi connectivity index (χ1n) is 6.19. The Morgan fingerprint density at radius 2 is 2.35 bits per heavy atom. The lowest BCUT2D eigenvalue weighted by atomic mass is 10.0. The summed E-state index contributed by atoms with van der Waals surface area (Å²) >= 11 is 0. The third-order valence-electron chi connectivity index (χ3n) is 3.32. The van der Waals surface area contributed by atoms with Crippen molar-refractivity contribution in [1.29, 1.82) is 0 Å². The molecule has 4 heteroatoms. The van der Waals surface area contributed by atoms with Crippen LogP contribution in [-0.2, 0) is 0 Å². The standard InChI is InChI=1S/C13H19N3O/c14-9-11-5-2-4-8-16(11)10-13(17)12-6-1-3-7-15-12/h1,3,6-7,11H,2,4-5,8-10,14H2. The van der Waals surface area contributed by atoms with Crippen LogP contribution in [-0.4, -0.2) is 41.3 Å². The first kappa shape index (κ1) is 12.2. The highest BCUT2D eigenvalue weighted by Gasteiger charge is 2.23. The second kappa shape index (κ2) is 5.89. The molecule has 92 valence electrons. The van der Waals surface area contributed by atoms with Crippen LogP contribution in [0.25, 0.3) is 0 Å². The van der Waals surface area contributed by atoms with Crippen LogP contribution in [0.1, 0.15) is 29.8 Å². The normalized spacial score (nSPS) is 21.4. The van der Waals surface area contributed by atoms with Gasteiger partial charge in [0.1, 0.15) is 5.69 Å². The largest absolute Gasteiger partial charge is 0.329 e. The summed E-state index contributed by atoms with van der Waals surface area (Å²) in [5.74, 6) is 0.0888. The molecule has 0 aliphatic carbocycles. The number of pyridine rings is 1. The van der Waals surface area contributed by atoms with Gasteiger partial charge >= 0.3 is 0 Å². The van der Waals surface area contributed by atoms with Crippen LogP contribution < -0.4 is 5.73 Å². The molecule has 0 aromatic carbocycles. The maximum Gasteiger partial charge on any atom is 0.195 e. The number of ketones is 1. The molecule has 0 radical (unpaired) electrons. The molecule has 2 rings (SSSR count). The fourth-order valence-corrected chi connectivity index (χ4v) is 2.33. The molecule has 2 heterocycles. The highest BCUT2D eigenvalue weighted by molar-refractivity contribution is 5.95. The number of carbonyl (C=O) groups excluding carboxylic acids is 1. The Bertz CT molecular complexity index is 366. The van der Waals surface area contributed by atoms with Crippen LogP contribution in [0, 0.1) is 0 Å². The quantitative estimate of drug-likeness (QED) is 0.790. The first-order valence-corrected chi connectivity index (χ1v) is 6.19. The molecule has 0 saturated carbocycles. The van der Waals surface area contributed by atoms with Crippen molar-refractivity contribution in [3.63, 3.8) is 0 Å². The van der Waals surface area contributed by atoms with E-state index in [1.54, 1.807) is 12.3 Å². The van der Waals surface area contributed by atoms with Gasteiger partial charge in [0, 0.05) is 18.8 Å². The number of likely N-dealkylation sites (tertiary alicyclic amines) is 1. The van der Waals surface area contributed by atoms with Crippen molar-refractivity contribution in [1.82, 2.24) is 9.88 Å². The van der Waals surface area contributed by atoms with Gasteiger partial charge in [-0.25, -0.2) is 0 Å². The van der Waals surface area contributed by atoms with Crippen LogP contribution in [0.15, 0.2) is 24.4 Å². The molecular formula is C13H19N3O. The number of carbonyl (C=O) groups is 1. The van der Waals surface area contributed by atoms with E-state index in [9.17, 15) is 4.79 Å². The van der Waals surface area contributed by atoms with Crippen LogP contribution in [0.4, 0.5) is 0 Å². The zero-order valence-corrected chi connectivity index (χ0v) is 10.0. The predicted molar refractivity (Wildman–Crippen MR) is 66.8 cm³/mol. The van der Waals surface area contributed by atoms with E-state index in [0.29, 0.717) is 24.8 Å². The molecule has 1 aliphatic heterocycles. The summed E-state index contributed by atoms with van der Waals surface area (Å²) in [7, 11) is 0. The fraction of sp³-hybridized carbons (Fsp3) is 0.538. The van der Waals surface area contributed by atoms with Crippen molar-refractivity contribution in [2.24, 2.45) is 5.73 Å². The third kappa shape index (κ3) is 3.11. The Morgan fingerprint density at radius 3 is 3.06 bits per heavy atom. The van der Waals surface area contributed by atoms with E-state index in [2.05, 4.69) is 9.88 Å². The van der Waals surface area contributed by atoms with Gasteiger partial charge in [-0.15, -0.1) is 0 Å². The molecule has 1 saturated heterocycles. The monoisotopic (exact) mass is 233 g/mol. The molecule has 1 atom stereocenters. The summed E-state index contributed by atoms with van der Waals surface area (Å²) in [5.41, 5.74) is 6.29. The van der Waals surface area contributed by atoms with Crippen molar-refractivity contribution in [3.8, 4) is 0 Å². The molecule has 0 amide bonds. The third-order valence-corrected chi connectivity index (χ3v) is 3.32. The topological polar surface area (TPSA) is 59.2 Å². The summed E-state index contributed by atoms with van der Waals surface area (Å²) in [6, 6.07) is 5.79. The number of hydrogen-bond acceptors (Lipinski definition) is 4. The predicted octanol–water partition coefficient (Wildman–Crippen LogP) is 1.08. The van der Waals surface area contributed by atoms with Gasteiger partial charge in [0.2, 0.25) is 0 Å². The van der Waals surface area contributed by atoms with E-state index >= 15 is 0 Å². The molecule has 1 aromatic rings. The molecule has 4 nitrogen and oxygen atoms in total. The van der Waals surface area contributed by atoms with Crippen molar-refractivity contribution in [2.75, 3.05) is 19.6 Å². The molecule has 2 N–H and O–H groups in total. The number of hydrogen-bond donors (Lipinski definition) is 1. The van der Waals surface area contributed by atoms with E-state index in [-0.39, 0.29) is 5.78 Å².